The van der Waals surface area contributed by atoms with Gasteiger partial charge in [-0.2, -0.15) is 0 Å². The van der Waals surface area contributed by atoms with Crippen molar-refractivity contribution in [3.8, 4) is 0 Å². The standard InChI is InChI=1S/C13H28O4Si/c1-7-8-12(15)16-9-11(14)10-17-18(5,6)13(2,3)4/h11,14H,7-10H2,1-6H3. The normalized spacial score (nSPS) is 14.4. The molecular weight excluding hydrogens is 248 g/mol. The Morgan fingerprint density at radius 2 is 1.83 bits per heavy atom. The van der Waals surface area contributed by atoms with Crippen molar-refractivity contribution >= 4 is 14.3 Å². The van der Waals surface area contributed by atoms with Crippen molar-refractivity contribution in [2.75, 3.05) is 13.2 Å². The number of hydrogen-bond donors (Lipinski definition) is 1. The predicted molar refractivity (Wildman–Crippen MR) is 75.0 cm³/mol. The van der Waals surface area contributed by atoms with E-state index >= 15 is 0 Å². The number of esters is 1. The van der Waals surface area contributed by atoms with E-state index in [0.717, 1.165) is 6.42 Å². The minimum Gasteiger partial charge on any atom is -0.463 e. The number of hydrogen-bond acceptors (Lipinski definition) is 4. The van der Waals surface area contributed by atoms with E-state index in [1.807, 2.05) is 6.92 Å². The molecule has 0 heterocycles. The van der Waals surface area contributed by atoms with Crippen LogP contribution in [-0.4, -0.2) is 38.7 Å². The van der Waals surface area contributed by atoms with Crippen LogP contribution in [0.15, 0.2) is 0 Å². The molecule has 108 valence electrons. The third kappa shape index (κ3) is 6.52. The molecule has 0 aromatic heterocycles. The summed E-state index contributed by atoms with van der Waals surface area (Å²) < 4.78 is 10.8. The molecule has 18 heavy (non-hydrogen) atoms. The van der Waals surface area contributed by atoms with Crippen LogP contribution in [0.25, 0.3) is 0 Å². The van der Waals surface area contributed by atoms with Crippen LogP contribution in [0.5, 0.6) is 0 Å². The lowest BCUT2D eigenvalue weighted by molar-refractivity contribution is -0.147. The van der Waals surface area contributed by atoms with Crippen LogP contribution in [0.4, 0.5) is 0 Å². The van der Waals surface area contributed by atoms with Gasteiger partial charge in [0.25, 0.3) is 0 Å². The highest BCUT2D eigenvalue weighted by Gasteiger charge is 2.37. The molecule has 0 aromatic carbocycles. The van der Waals surface area contributed by atoms with Gasteiger partial charge in [-0.1, -0.05) is 27.7 Å². The van der Waals surface area contributed by atoms with E-state index in [4.69, 9.17) is 9.16 Å². The first-order chi connectivity index (χ1) is 8.10. The molecule has 5 heteroatoms. The summed E-state index contributed by atoms with van der Waals surface area (Å²) in [7, 11) is -1.84. The van der Waals surface area contributed by atoms with Gasteiger partial charge in [0, 0.05) is 6.42 Å². The number of carbonyl (C=O) groups is 1. The highest BCUT2D eigenvalue weighted by atomic mass is 28.4. The summed E-state index contributed by atoms with van der Waals surface area (Å²) in [5.41, 5.74) is 0. The molecule has 0 aliphatic rings. The lowest BCUT2D eigenvalue weighted by atomic mass is 10.2. The molecule has 1 unspecified atom stereocenters. The van der Waals surface area contributed by atoms with Gasteiger partial charge < -0.3 is 14.3 Å². The molecule has 0 amide bonds. The second kappa shape index (κ2) is 7.26. The highest BCUT2D eigenvalue weighted by molar-refractivity contribution is 6.74. The molecule has 0 fully saturated rings. The van der Waals surface area contributed by atoms with Gasteiger partial charge in [-0.25, -0.2) is 0 Å². The smallest absolute Gasteiger partial charge is 0.305 e. The molecule has 0 rings (SSSR count). The van der Waals surface area contributed by atoms with Crippen LogP contribution in [0.3, 0.4) is 0 Å². The third-order valence-corrected chi connectivity index (χ3v) is 7.83. The fourth-order valence-corrected chi connectivity index (χ4v) is 2.08. The van der Waals surface area contributed by atoms with Gasteiger partial charge in [0.1, 0.15) is 12.7 Å². The molecule has 0 aliphatic carbocycles. The van der Waals surface area contributed by atoms with Crippen molar-refractivity contribution in [2.24, 2.45) is 0 Å². The Morgan fingerprint density at radius 3 is 2.28 bits per heavy atom. The summed E-state index contributed by atoms with van der Waals surface area (Å²) in [6, 6.07) is 0. The topological polar surface area (TPSA) is 55.8 Å². The fraction of sp³-hybridized carbons (Fsp3) is 0.923. The first-order valence-electron chi connectivity index (χ1n) is 6.58. The zero-order chi connectivity index (χ0) is 14.4. The monoisotopic (exact) mass is 276 g/mol. The average Bonchev–Trinajstić information content (AvgIpc) is 2.22. The number of aliphatic hydroxyl groups is 1. The molecule has 0 aliphatic heterocycles. The van der Waals surface area contributed by atoms with Gasteiger partial charge >= 0.3 is 5.97 Å². The van der Waals surface area contributed by atoms with Crippen LogP contribution in [-0.2, 0) is 14.0 Å². The Labute approximate surface area is 112 Å². The minimum atomic E-state index is -1.84. The zero-order valence-corrected chi connectivity index (χ0v) is 13.6. The van der Waals surface area contributed by atoms with Gasteiger partial charge in [-0.05, 0) is 24.6 Å². The highest BCUT2D eigenvalue weighted by Crippen LogP contribution is 2.36. The largest absolute Gasteiger partial charge is 0.463 e. The number of aliphatic hydroxyl groups excluding tert-OH is 1. The Balaban J connectivity index is 3.97. The first kappa shape index (κ1) is 17.6. The fourth-order valence-electron chi connectivity index (χ4n) is 1.03. The molecule has 0 radical (unpaired) electrons. The Hall–Kier alpha value is -0.393. The van der Waals surface area contributed by atoms with Gasteiger partial charge in [0.05, 0.1) is 6.61 Å². The van der Waals surface area contributed by atoms with Crippen molar-refractivity contribution < 1.29 is 19.1 Å². The second-order valence-electron chi connectivity index (χ2n) is 6.16. The van der Waals surface area contributed by atoms with Gasteiger partial charge in [0.2, 0.25) is 0 Å². The number of rotatable bonds is 7. The maximum absolute atomic E-state index is 11.1. The van der Waals surface area contributed by atoms with Crippen LogP contribution >= 0.6 is 0 Å². The Kier molecular flexibility index (Phi) is 7.10. The molecule has 0 spiro atoms. The SMILES string of the molecule is CCCC(=O)OCC(O)CO[Si](C)(C)C(C)(C)C. The molecular formula is C13H28O4Si. The quantitative estimate of drug-likeness (QED) is 0.574. The maximum Gasteiger partial charge on any atom is 0.305 e. The van der Waals surface area contributed by atoms with Crippen molar-refractivity contribution in [1.29, 1.82) is 0 Å². The lowest BCUT2D eigenvalue weighted by Crippen LogP contribution is -2.43. The van der Waals surface area contributed by atoms with Gasteiger partial charge in [0.15, 0.2) is 8.32 Å². The van der Waals surface area contributed by atoms with Crippen molar-refractivity contribution in [3.05, 3.63) is 0 Å². The van der Waals surface area contributed by atoms with Crippen LogP contribution in [0.2, 0.25) is 18.1 Å². The summed E-state index contributed by atoms with van der Waals surface area (Å²) in [4.78, 5) is 11.1. The third-order valence-electron chi connectivity index (χ3n) is 3.33. The van der Waals surface area contributed by atoms with Crippen molar-refractivity contribution in [3.63, 3.8) is 0 Å². The maximum atomic E-state index is 11.1. The number of ether oxygens (including phenoxy) is 1. The average molecular weight is 276 g/mol. The summed E-state index contributed by atoms with van der Waals surface area (Å²) in [5.74, 6) is -0.260. The van der Waals surface area contributed by atoms with Gasteiger partial charge in [-0.15, -0.1) is 0 Å². The Bertz CT molecular complexity index is 258. The van der Waals surface area contributed by atoms with Crippen molar-refractivity contribution in [1.82, 2.24) is 0 Å². The van der Waals surface area contributed by atoms with Crippen LogP contribution in [0, 0.1) is 0 Å². The predicted octanol–water partition coefficient (Wildman–Crippen LogP) is 2.71. The molecule has 4 nitrogen and oxygen atoms in total. The van der Waals surface area contributed by atoms with E-state index in [1.54, 1.807) is 0 Å². The Morgan fingerprint density at radius 1 is 1.28 bits per heavy atom. The van der Waals surface area contributed by atoms with Crippen LogP contribution < -0.4 is 0 Å². The number of carbonyl (C=O) groups excluding carboxylic acids is 1. The molecule has 0 bridgehead atoms. The first-order valence-corrected chi connectivity index (χ1v) is 9.48. The zero-order valence-electron chi connectivity index (χ0n) is 12.6. The summed E-state index contributed by atoms with van der Waals surface area (Å²) in [5, 5.41) is 9.83. The summed E-state index contributed by atoms with van der Waals surface area (Å²) in [6.45, 7) is 12.9. The van der Waals surface area contributed by atoms with E-state index in [9.17, 15) is 9.90 Å². The summed E-state index contributed by atoms with van der Waals surface area (Å²) in [6.07, 6.45) is 0.422. The van der Waals surface area contributed by atoms with Crippen molar-refractivity contribution in [2.45, 2.75) is 64.8 Å². The van der Waals surface area contributed by atoms with E-state index < -0.39 is 14.4 Å². The van der Waals surface area contributed by atoms with E-state index in [1.165, 1.54) is 0 Å². The molecule has 1 atom stereocenters. The van der Waals surface area contributed by atoms with Gasteiger partial charge in [-0.3, -0.25) is 4.79 Å². The molecule has 1 N–H and O–H groups in total. The molecule has 0 saturated heterocycles. The summed E-state index contributed by atoms with van der Waals surface area (Å²) >= 11 is 0. The van der Waals surface area contributed by atoms with E-state index in [0.29, 0.717) is 6.42 Å². The second-order valence-corrected chi connectivity index (χ2v) is 11.0. The molecule has 0 saturated carbocycles. The molecule has 0 aromatic rings. The lowest BCUT2D eigenvalue weighted by Gasteiger charge is -2.36. The minimum absolute atomic E-state index is 0.0213. The van der Waals surface area contributed by atoms with E-state index in [-0.39, 0.29) is 24.2 Å². The van der Waals surface area contributed by atoms with E-state index in [2.05, 4.69) is 33.9 Å². The van der Waals surface area contributed by atoms with Crippen LogP contribution in [0.1, 0.15) is 40.5 Å².